The molecule has 1 saturated carbocycles. The highest BCUT2D eigenvalue weighted by atomic mass is 35.5. The number of benzene rings is 1. The number of nitrogens with zero attached hydrogens (tertiary/aromatic N) is 3. The fraction of sp³-hybridized carbons (Fsp3) is 0.474. The molecule has 1 aliphatic carbocycles. The van der Waals surface area contributed by atoms with Gasteiger partial charge >= 0.3 is 0 Å². The molecule has 0 radical (unpaired) electrons. The Hall–Kier alpha value is -2.27. The molecule has 1 amide bonds. The van der Waals surface area contributed by atoms with E-state index in [9.17, 15) is 10.1 Å². The Labute approximate surface area is 164 Å². The average molecular weight is 387 g/mol. The third-order valence-corrected chi connectivity index (χ3v) is 5.47. The summed E-state index contributed by atoms with van der Waals surface area (Å²) in [5.41, 5.74) is 7.35. The standard InChI is InChI=1S/C19H22N6O.ClH/c1-12-8-19(11-22-10-12,25-17(26)18(21)4-5-18)14-3-2-13(9-20)15-16(14)24-7-6-23-15;/h2-3,6-7,12,22H,4-5,8,10-11,21H2,1H3,(H,25,26);1H/t12-,19-;/m0./s1. The molecule has 2 atom stereocenters. The highest BCUT2D eigenvalue weighted by molar-refractivity contribution is 5.91. The van der Waals surface area contributed by atoms with Gasteiger partial charge in [-0.15, -0.1) is 12.4 Å². The molecule has 1 saturated heterocycles. The largest absolute Gasteiger partial charge is 0.344 e. The molecule has 2 heterocycles. The first-order chi connectivity index (χ1) is 12.5. The minimum Gasteiger partial charge on any atom is -0.344 e. The number of hydrogen-bond donors (Lipinski definition) is 3. The van der Waals surface area contributed by atoms with Crippen molar-refractivity contribution >= 4 is 29.3 Å². The van der Waals surface area contributed by atoms with Gasteiger partial charge < -0.3 is 16.4 Å². The minimum absolute atomic E-state index is 0. The van der Waals surface area contributed by atoms with Crippen LogP contribution >= 0.6 is 12.4 Å². The van der Waals surface area contributed by atoms with Crippen molar-refractivity contribution in [1.82, 2.24) is 20.6 Å². The van der Waals surface area contributed by atoms with Crippen molar-refractivity contribution in [2.24, 2.45) is 11.7 Å². The van der Waals surface area contributed by atoms with Crippen molar-refractivity contribution in [3.05, 3.63) is 35.7 Å². The van der Waals surface area contributed by atoms with Crippen LogP contribution in [0.15, 0.2) is 24.5 Å². The second-order valence-corrected chi connectivity index (χ2v) is 7.66. The number of hydrogen-bond acceptors (Lipinski definition) is 6. The molecule has 0 unspecified atom stereocenters. The van der Waals surface area contributed by atoms with Crippen molar-refractivity contribution in [1.29, 1.82) is 5.26 Å². The van der Waals surface area contributed by atoms with Gasteiger partial charge in [-0.3, -0.25) is 14.8 Å². The van der Waals surface area contributed by atoms with E-state index in [0.717, 1.165) is 18.5 Å². The van der Waals surface area contributed by atoms with Gasteiger partial charge in [-0.2, -0.15) is 5.26 Å². The molecule has 1 aliphatic heterocycles. The maximum atomic E-state index is 12.8. The Kier molecular flexibility index (Phi) is 5.08. The zero-order valence-corrected chi connectivity index (χ0v) is 16.0. The van der Waals surface area contributed by atoms with E-state index < -0.39 is 11.1 Å². The van der Waals surface area contributed by atoms with E-state index in [1.54, 1.807) is 18.5 Å². The van der Waals surface area contributed by atoms with Gasteiger partial charge in [0.1, 0.15) is 11.6 Å². The van der Waals surface area contributed by atoms with Gasteiger partial charge in [-0.25, -0.2) is 0 Å². The SMILES string of the molecule is C[C@@H]1CNC[C@](NC(=O)C2(N)CC2)(c2ccc(C#N)c3nccnc23)C1.Cl. The highest BCUT2D eigenvalue weighted by Crippen LogP contribution is 2.38. The molecule has 0 bridgehead atoms. The molecule has 2 fully saturated rings. The van der Waals surface area contributed by atoms with E-state index in [0.29, 0.717) is 41.9 Å². The maximum absolute atomic E-state index is 12.8. The number of rotatable bonds is 3. The molecule has 27 heavy (non-hydrogen) atoms. The van der Waals surface area contributed by atoms with E-state index >= 15 is 0 Å². The number of aromatic nitrogens is 2. The number of halogens is 1. The summed E-state index contributed by atoms with van der Waals surface area (Å²) in [6, 6.07) is 5.82. The van der Waals surface area contributed by atoms with Gasteiger partial charge in [0.05, 0.1) is 22.2 Å². The molecule has 1 aromatic heterocycles. The zero-order valence-electron chi connectivity index (χ0n) is 15.2. The maximum Gasteiger partial charge on any atom is 0.240 e. The van der Waals surface area contributed by atoms with Crippen LogP contribution in [0.2, 0.25) is 0 Å². The summed E-state index contributed by atoms with van der Waals surface area (Å²) in [6.45, 7) is 3.64. The van der Waals surface area contributed by atoms with Gasteiger partial charge in [-0.1, -0.05) is 13.0 Å². The third-order valence-electron chi connectivity index (χ3n) is 5.47. The molecule has 0 spiro atoms. The van der Waals surface area contributed by atoms with Gasteiger partial charge in [0.25, 0.3) is 0 Å². The van der Waals surface area contributed by atoms with Crippen molar-refractivity contribution < 1.29 is 4.79 Å². The van der Waals surface area contributed by atoms with Crippen LogP contribution in [-0.2, 0) is 10.3 Å². The number of carbonyl (C=O) groups is 1. The van der Waals surface area contributed by atoms with Crippen LogP contribution in [0, 0.1) is 17.2 Å². The number of nitrogens with one attached hydrogen (secondary N) is 2. The van der Waals surface area contributed by atoms with E-state index in [2.05, 4.69) is 33.6 Å². The Balaban J connectivity index is 0.00000210. The van der Waals surface area contributed by atoms with Crippen LogP contribution in [0.25, 0.3) is 11.0 Å². The van der Waals surface area contributed by atoms with Gasteiger partial charge in [0.15, 0.2) is 0 Å². The summed E-state index contributed by atoms with van der Waals surface area (Å²) in [6.07, 6.45) is 5.41. The van der Waals surface area contributed by atoms with Crippen molar-refractivity contribution in [2.75, 3.05) is 13.1 Å². The number of fused-ring (bicyclic) bond motifs is 1. The molecule has 4 rings (SSSR count). The van der Waals surface area contributed by atoms with Gasteiger partial charge in [0, 0.05) is 24.5 Å². The molecular formula is C19H23ClN6O. The topological polar surface area (TPSA) is 117 Å². The minimum atomic E-state index is -0.748. The molecule has 8 heteroatoms. The van der Waals surface area contributed by atoms with Crippen molar-refractivity contribution in [3.63, 3.8) is 0 Å². The van der Waals surface area contributed by atoms with Gasteiger partial charge in [0.2, 0.25) is 5.91 Å². The molecule has 142 valence electrons. The summed E-state index contributed by atoms with van der Waals surface area (Å²) in [5, 5.41) is 16.0. The van der Waals surface area contributed by atoms with Crippen LogP contribution in [0.3, 0.4) is 0 Å². The lowest BCUT2D eigenvalue weighted by atomic mass is 9.77. The highest BCUT2D eigenvalue weighted by Gasteiger charge is 2.50. The van der Waals surface area contributed by atoms with Crippen LogP contribution in [-0.4, -0.2) is 34.5 Å². The first-order valence-corrected chi connectivity index (χ1v) is 8.94. The van der Waals surface area contributed by atoms with E-state index in [1.807, 2.05) is 6.07 Å². The smallest absolute Gasteiger partial charge is 0.240 e. The first-order valence-electron chi connectivity index (χ1n) is 8.94. The number of carbonyl (C=O) groups excluding carboxylic acids is 1. The van der Waals surface area contributed by atoms with Crippen LogP contribution in [0.4, 0.5) is 0 Å². The number of nitrogens with two attached hydrogens (primary N) is 1. The summed E-state index contributed by atoms with van der Waals surface area (Å²) in [4.78, 5) is 21.6. The Morgan fingerprint density at radius 2 is 2.04 bits per heavy atom. The quantitative estimate of drug-likeness (QED) is 0.733. The summed E-state index contributed by atoms with van der Waals surface area (Å²) < 4.78 is 0. The average Bonchev–Trinajstić information content (AvgIpc) is 3.39. The molecule has 2 aromatic rings. The summed E-state index contributed by atoms with van der Waals surface area (Å²) in [5.74, 6) is 0.258. The van der Waals surface area contributed by atoms with E-state index in [1.165, 1.54) is 0 Å². The van der Waals surface area contributed by atoms with Crippen LogP contribution in [0.1, 0.15) is 37.3 Å². The Morgan fingerprint density at radius 3 is 2.67 bits per heavy atom. The predicted octanol–water partition coefficient (Wildman–Crippen LogP) is 1.36. The normalized spacial score (nSPS) is 25.9. The van der Waals surface area contributed by atoms with Crippen molar-refractivity contribution in [2.45, 2.75) is 37.3 Å². The third kappa shape index (κ3) is 3.36. The van der Waals surface area contributed by atoms with Gasteiger partial charge in [-0.05, 0) is 37.8 Å². The number of nitriles is 1. The lowest BCUT2D eigenvalue weighted by Crippen LogP contribution is -2.60. The predicted molar refractivity (Wildman–Crippen MR) is 104 cm³/mol. The Morgan fingerprint density at radius 1 is 1.33 bits per heavy atom. The fourth-order valence-corrected chi connectivity index (χ4v) is 3.88. The Bertz CT molecular complexity index is 922. The molecule has 4 N–H and O–H groups in total. The second kappa shape index (κ2) is 7.04. The van der Waals surface area contributed by atoms with E-state index in [4.69, 9.17) is 5.73 Å². The lowest BCUT2D eigenvalue weighted by Gasteiger charge is -2.42. The van der Waals surface area contributed by atoms with Crippen molar-refractivity contribution in [3.8, 4) is 6.07 Å². The summed E-state index contributed by atoms with van der Waals surface area (Å²) >= 11 is 0. The molecule has 1 aromatic carbocycles. The lowest BCUT2D eigenvalue weighted by molar-refractivity contribution is -0.125. The monoisotopic (exact) mass is 386 g/mol. The molecule has 2 aliphatic rings. The van der Waals surface area contributed by atoms with Crippen LogP contribution < -0.4 is 16.4 Å². The second-order valence-electron chi connectivity index (χ2n) is 7.66. The summed E-state index contributed by atoms with van der Waals surface area (Å²) in [7, 11) is 0. The number of piperidine rings is 1. The fourth-order valence-electron chi connectivity index (χ4n) is 3.88. The van der Waals surface area contributed by atoms with Crippen LogP contribution in [0.5, 0.6) is 0 Å². The molecule has 7 nitrogen and oxygen atoms in total. The molecular weight excluding hydrogens is 364 g/mol. The first kappa shape index (κ1) is 19.5. The zero-order chi connectivity index (χ0) is 18.4. The van der Waals surface area contributed by atoms with E-state index in [-0.39, 0.29) is 18.3 Å². The number of amides is 1.